The standard InChI is InChI=1S/C17H22N4/c1-11(2)17-19-15(18)10-16(20-17)21-8-4-5-13-9-12(3)6-7-14(13)21/h6-7,9-11H,4-5,8H2,1-3H3,(H2,18,19,20). The zero-order valence-electron chi connectivity index (χ0n) is 12.9. The van der Waals surface area contributed by atoms with E-state index in [1.165, 1.54) is 16.8 Å². The number of hydrogen-bond donors (Lipinski definition) is 1. The number of nitrogens with two attached hydrogens (primary N) is 1. The molecule has 0 saturated carbocycles. The van der Waals surface area contributed by atoms with Gasteiger partial charge in [0.25, 0.3) is 0 Å². The summed E-state index contributed by atoms with van der Waals surface area (Å²) in [5.41, 5.74) is 9.92. The molecule has 4 nitrogen and oxygen atoms in total. The molecular weight excluding hydrogens is 260 g/mol. The van der Waals surface area contributed by atoms with Crippen LogP contribution in [-0.4, -0.2) is 16.5 Å². The third-order valence-electron chi connectivity index (χ3n) is 3.90. The van der Waals surface area contributed by atoms with Crippen LogP contribution in [0.4, 0.5) is 17.3 Å². The predicted octanol–water partition coefficient (Wildman–Crippen LogP) is 3.57. The van der Waals surface area contributed by atoms with Gasteiger partial charge in [-0.05, 0) is 31.4 Å². The van der Waals surface area contributed by atoms with Crippen LogP contribution in [0.25, 0.3) is 0 Å². The number of aryl methyl sites for hydroxylation is 2. The lowest BCUT2D eigenvalue weighted by Crippen LogP contribution is -2.26. The Hall–Kier alpha value is -2.10. The molecule has 4 heteroatoms. The Kier molecular flexibility index (Phi) is 3.53. The number of hydrogen-bond acceptors (Lipinski definition) is 4. The van der Waals surface area contributed by atoms with Gasteiger partial charge in [0.2, 0.25) is 0 Å². The van der Waals surface area contributed by atoms with E-state index in [4.69, 9.17) is 10.7 Å². The number of benzene rings is 1. The van der Waals surface area contributed by atoms with Crippen LogP contribution in [0.2, 0.25) is 0 Å². The van der Waals surface area contributed by atoms with Crippen LogP contribution in [0, 0.1) is 6.92 Å². The maximum Gasteiger partial charge on any atom is 0.138 e. The minimum atomic E-state index is 0.273. The van der Waals surface area contributed by atoms with E-state index in [-0.39, 0.29) is 5.92 Å². The van der Waals surface area contributed by atoms with Gasteiger partial charge >= 0.3 is 0 Å². The molecule has 0 bridgehead atoms. The van der Waals surface area contributed by atoms with Crippen molar-refractivity contribution in [2.45, 2.75) is 39.5 Å². The Morgan fingerprint density at radius 3 is 2.76 bits per heavy atom. The van der Waals surface area contributed by atoms with E-state index in [0.717, 1.165) is 31.0 Å². The van der Waals surface area contributed by atoms with Gasteiger partial charge < -0.3 is 10.6 Å². The summed E-state index contributed by atoms with van der Waals surface area (Å²) in [6, 6.07) is 8.50. The molecule has 2 aromatic rings. The van der Waals surface area contributed by atoms with Crippen LogP contribution in [-0.2, 0) is 6.42 Å². The van der Waals surface area contributed by atoms with Crippen molar-refractivity contribution in [1.82, 2.24) is 9.97 Å². The molecule has 1 aromatic heterocycles. The van der Waals surface area contributed by atoms with E-state index in [1.54, 1.807) is 0 Å². The van der Waals surface area contributed by atoms with Gasteiger partial charge in [0.1, 0.15) is 17.5 Å². The van der Waals surface area contributed by atoms with Crippen molar-refractivity contribution >= 4 is 17.3 Å². The monoisotopic (exact) mass is 282 g/mol. The van der Waals surface area contributed by atoms with Gasteiger partial charge in [0.05, 0.1) is 0 Å². The van der Waals surface area contributed by atoms with E-state index in [1.807, 2.05) is 6.07 Å². The van der Waals surface area contributed by atoms with E-state index in [0.29, 0.717) is 5.82 Å². The molecule has 1 aromatic carbocycles. The summed E-state index contributed by atoms with van der Waals surface area (Å²) in [5.74, 6) is 2.54. The zero-order valence-corrected chi connectivity index (χ0v) is 12.9. The molecule has 0 radical (unpaired) electrons. The van der Waals surface area contributed by atoms with Crippen molar-refractivity contribution in [3.05, 3.63) is 41.2 Å². The van der Waals surface area contributed by atoms with Crippen LogP contribution in [0.15, 0.2) is 24.3 Å². The average molecular weight is 282 g/mol. The predicted molar refractivity (Wildman–Crippen MR) is 87.0 cm³/mol. The third-order valence-corrected chi connectivity index (χ3v) is 3.90. The van der Waals surface area contributed by atoms with Crippen molar-refractivity contribution < 1.29 is 0 Å². The minimum Gasteiger partial charge on any atom is -0.384 e. The minimum absolute atomic E-state index is 0.273. The summed E-state index contributed by atoms with van der Waals surface area (Å²) < 4.78 is 0. The number of aromatic nitrogens is 2. The molecule has 0 saturated heterocycles. The Morgan fingerprint density at radius 1 is 1.19 bits per heavy atom. The largest absolute Gasteiger partial charge is 0.384 e. The van der Waals surface area contributed by atoms with Gasteiger partial charge in [-0.2, -0.15) is 0 Å². The first-order chi connectivity index (χ1) is 10.0. The number of anilines is 3. The maximum absolute atomic E-state index is 5.97. The highest BCUT2D eigenvalue weighted by molar-refractivity contribution is 5.67. The van der Waals surface area contributed by atoms with Crippen molar-refractivity contribution in [2.75, 3.05) is 17.2 Å². The summed E-state index contributed by atoms with van der Waals surface area (Å²) >= 11 is 0. The lowest BCUT2D eigenvalue weighted by molar-refractivity contribution is 0.737. The molecule has 2 heterocycles. The highest BCUT2D eigenvalue weighted by atomic mass is 15.2. The van der Waals surface area contributed by atoms with E-state index in [9.17, 15) is 0 Å². The van der Waals surface area contributed by atoms with Crippen molar-refractivity contribution in [2.24, 2.45) is 0 Å². The molecule has 3 rings (SSSR count). The first-order valence-electron chi connectivity index (χ1n) is 7.56. The molecule has 1 aliphatic heterocycles. The van der Waals surface area contributed by atoms with Crippen molar-refractivity contribution in [3.8, 4) is 0 Å². The van der Waals surface area contributed by atoms with E-state index < -0.39 is 0 Å². The van der Waals surface area contributed by atoms with E-state index >= 15 is 0 Å². The molecule has 110 valence electrons. The summed E-state index contributed by atoms with van der Waals surface area (Å²) in [6.45, 7) is 7.29. The van der Waals surface area contributed by atoms with Gasteiger partial charge in [-0.3, -0.25) is 0 Å². The Labute approximate surface area is 126 Å². The SMILES string of the molecule is Cc1ccc2c(c1)CCCN2c1cc(N)nc(C(C)C)n1. The summed E-state index contributed by atoms with van der Waals surface area (Å²) in [4.78, 5) is 11.3. The van der Waals surface area contributed by atoms with Crippen LogP contribution >= 0.6 is 0 Å². The molecule has 0 unspecified atom stereocenters. The Morgan fingerprint density at radius 2 is 2.00 bits per heavy atom. The topological polar surface area (TPSA) is 55.0 Å². The normalized spacial score (nSPS) is 14.4. The quantitative estimate of drug-likeness (QED) is 0.914. The molecule has 0 amide bonds. The van der Waals surface area contributed by atoms with Crippen LogP contribution in [0.1, 0.15) is 43.1 Å². The molecular formula is C17H22N4. The molecule has 21 heavy (non-hydrogen) atoms. The lowest BCUT2D eigenvalue weighted by atomic mass is 9.99. The number of nitrogens with zero attached hydrogens (tertiary/aromatic N) is 3. The number of fused-ring (bicyclic) bond motifs is 1. The number of nitrogen functional groups attached to an aromatic ring is 1. The van der Waals surface area contributed by atoms with Crippen molar-refractivity contribution in [3.63, 3.8) is 0 Å². The van der Waals surface area contributed by atoms with Gasteiger partial charge in [-0.25, -0.2) is 9.97 Å². The van der Waals surface area contributed by atoms with Gasteiger partial charge in [-0.15, -0.1) is 0 Å². The van der Waals surface area contributed by atoms with Gasteiger partial charge in [0.15, 0.2) is 0 Å². The maximum atomic E-state index is 5.97. The fourth-order valence-corrected chi connectivity index (χ4v) is 2.83. The fourth-order valence-electron chi connectivity index (χ4n) is 2.83. The molecule has 2 N–H and O–H groups in total. The smallest absolute Gasteiger partial charge is 0.138 e. The molecule has 0 fully saturated rings. The summed E-state index contributed by atoms with van der Waals surface area (Å²) in [7, 11) is 0. The van der Waals surface area contributed by atoms with E-state index in [2.05, 4.69) is 48.9 Å². The molecule has 0 aliphatic carbocycles. The van der Waals surface area contributed by atoms with Gasteiger partial charge in [-0.1, -0.05) is 31.5 Å². The zero-order chi connectivity index (χ0) is 15.0. The average Bonchev–Trinajstić information content (AvgIpc) is 2.45. The first-order valence-corrected chi connectivity index (χ1v) is 7.56. The lowest BCUT2D eigenvalue weighted by Gasteiger charge is -2.31. The van der Waals surface area contributed by atoms with Crippen LogP contribution in [0.5, 0.6) is 0 Å². The second-order valence-electron chi connectivity index (χ2n) is 6.05. The second kappa shape index (κ2) is 5.35. The highest BCUT2D eigenvalue weighted by Gasteiger charge is 2.20. The summed E-state index contributed by atoms with van der Waals surface area (Å²) in [6.07, 6.45) is 2.27. The van der Waals surface area contributed by atoms with Gasteiger partial charge in [0, 0.05) is 24.2 Å². The Balaban J connectivity index is 2.06. The summed E-state index contributed by atoms with van der Waals surface area (Å²) in [5, 5.41) is 0. The molecule has 0 spiro atoms. The second-order valence-corrected chi connectivity index (χ2v) is 6.05. The third kappa shape index (κ3) is 2.71. The number of rotatable bonds is 2. The highest BCUT2D eigenvalue weighted by Crippen LogP contribution is 2.33. The molecule has 1 aliphatic rings. The fraction of sp³-hybridized carbons (Fsp3) is 0.412. The van der Waals surface area contributed by atoms with Crippen LogP contribution in [0.3, 0.4) is 0 Å². The molecule has 0 atom stereocenters. The first kappa shape index (κ1) is 13.9. The Bertz CT molecular complexity index is 664. The van der Waals surface area contributed by atoms with Crippen LogP contribution < -0.4 is 10.6 Å². The van der Waals surface area contributed by atoms with Crippen molar-refractivity contribution in [1.29, 1.82) is 0 Å².